The summed E-state index contributed by atoms with van der Waals surface area (Å²) < 4.78 is 10.1. The van der Waals surface area contributed by atoms with Crippen molar-refractivity contribution < 1.29 is 19.3 Å². The standard InChI is InChI=1S/C16H17N3O4S/c1-8-12-14(20)18-11(7-17-9(2)10-5-4-6-23-10)19-15(12)24-13(8)16(21)22-3/h4-6,9,17H,7H2,1-3H3,(H,18,19,20)/p+1/t9-/m1/s1. The molecule has 0 unspecified atom stereocenters. The first-order chi connectivity index (χ1) is 11.5. The average molecular weight is 348 g/mol. The molecule has 0 radical (unpaired) electrons. The smallest absolute Gasteiger partial charge is 0.348 e. The van der Waals surface area contributed by atoms with Crippen molar-refractivity contribution in [2.75, 3.05) is 7.11 Å². The highest BCUT2D eigenvalue weighted by Crippen LogP contribution is 2.27. The molecule has 3 rings (SSSR count). The predicted octanol–water partition coefficient (Wildman–Crippen LogP) is 1.50. The summed E-state index contributed by atoms with van der Waals surface area (Å²) >= 11 is 1.18. The molecular weight excluding hydrogens is 330 g/mol. The van der Waals surface area contributed by atoms with E-state index < -0.39 is 5.97 Å². The van der Waals surface area contributed by atoms with E-state index in [1.807, 2.05) is 24.4 Å². The van der Waals surface area contributed by atoms with E-state index in [0.717, 1.165) is 5.76 Å². The Bertz CT molecular complexity index is 927. The fourth-order valence-corrected chi connectivity index (χ4v) is 3.65. The zero-order valence-corrected chi connectivity index (χ0v) is 14.4. The maximum Gasteiger partial charge on any atom is 0.348 e. The number of nitrogens with one attached hydrogen (secondary N) is 1. The fourth-order valence-electron chi connectivity index (χ4n) is 2.53. The molecule has 126 valence electrons. The highest BCUT2D eigenvalue weighted by molar-refractivity contribution is 7.20. The summed E-state index contributed by atoms with van der Waals surface area (Å²) in [6, 6.07) is 3.86. The van der Waals surface area contributed by atoms with Crippen LogP contribution in [-0.4, -0.2) is 23.0 Å². The number of aryl methyl sites for hydroxylation is 1. The molecule has 0 aliphatic carbocycles. The number of aromatic amines is 1. The van der Waals surface area contributed by atoms with Gasteiger partial charge in [0.05, 0.1) is 18.8 Å². The summed E-state index contributed by atoms with van der Waals surface area (Å²) in [7, 11) is 1.32. The second-order valence-corrected chi connectivity index (χ2v) is 6.48. The minimum atomic E-state index is -0.450. The number of methoxy groups -OCH3 is 1. The van der Waals surface area contributed by atoms with Crippen LogP contribution in [0.3, 0.4) is 0 Å². The van der Waals surface area contributed by atoms with Gasteiger partial charge in [-0.25, -0.2) is 9.78 Å². The Kier molecular flexibility index (Phi) is 4.50. The number of esters is 1. The number of fused-ring (bicyclic) bond motifs is 1. The molecule has 24 heavy (non-hydrogen) atoms. The zero-order chi connectivity index (χ0) is 17.3. The number of carbonyl (C=O) groups excluding carboxylic acids is 1. The highest BCUT2D eigenvalue weighted by Gasteiger charge is 2.20. The first-order valence-electron chi connectivity index (χ1n) is 7.48. The van der Waals surface area contributed by atoms with Crippen LogP contribution in [0.2, 0.25) is 0 Å². The molecule has 7 nitrogen and oxygen atoms in total. The van der Waals surface area contributed by atoms with Gasteiger partial charge in [0.1, 0.15) is 22.3 Å². The molecule has 8 heteroatoms. The number of nitrogens with zero attached hydrogens (tertiary/aromatic N) is 1. The van der Waals surface area contributed by atoms with Gasteiger partial charge in [-0.05, 0) is 31.5 Å². The lowest BCUT2D eigenvalue weighted by Gasteiger charge is -2.07. The molecule has 3 N–H and O–H groups in total. The van der Waals surface area contributed by atoms with Crippen LogP contribution in [0.15, 0.2) is 27.6 Å². The topological polar surface area (TPSA) is 102 Å². The molecule has 0 amide bonds. The Balaban J connectivity index is 1.88. The third kappa shape index (κ3) is 2.98. The molecule has 0 aliphatic rings. The molecule has 0 bridgehead atoms. The third-order valence-corrected chi connectivity index (χ3v) is 5.04. The first kappa shape index (κ1) is 16.4. The lowest BCUT2D eigenvalue weighted by molar-refractivity contribution is -0.710. The number of carbonyl (C=O) groups is 1. The van der Waals surface area contributed by atoms with E-state index in [4.69, 9.17) is 9.15 Å². The maximum atomic E-state index is 12.3. The first-order valence-corrected chi connectivity index (χ1v) is 8.30. The predicted molar refractivity (Wildman–Crippen MR) is 89.1 cm³/mol. The monoisotopic (exact) mass is 348 g/mol. The van der Waals surface area contributed by atoms with Crippen LogP contribution in [-0.2, 0) is 11.3 Å². The summed E-state index contributed by atoms with van der Waals surface area (Å²) in [6.07, 6.45) is 1.63. The number of furan rings is 1. The number of hydrogen-bond acceptors (Lipinski definition) is 6. The quantitative estimate of drug-likeness (QED) is 0.680. The Morgan fingerprint density at radius 2 is 2.33 bits per heavy atom. The van der Waals surface area contributed by atoms with Crippen LogP contribution < -0.4 is 10.9 Å². The van der Waals surface area contributed by atoms with Crippen molar-refractivity contribution in [2.24, 2.45) is 0 Å². The van der Waals surface area contributed by atoms with Crippen molar-refractivity contribution in [2.45, 2.75) is 26.4 Å². The molecule has 0 aromatic carbocycles. The second kappa shape index (κ2) is 6.58. The van der Waals surface area contributed by atoms with Gasteiger partial charge in [0.15, 0.2) is 11.6 Å². The van der Waals surface area contributed by atoms with Crippen LogP contribution in [0.1, 0.15) is 39.8 Å². The van der Waals surface area contributed by atoms with Crippen molar-refractivity contribution in [1.82, 2.24) is 9.97 Å². The van der Waals surface area contributed by atoms with Crippen LogP contribution >= 0.6 is 11.3 Å². The van der Waals surface area contributed by atoms with Gasteiger partial charge in [-0.15, -0.1) is 11.3 Å². The van der Waals surface area contributed by atoms with Crippen LogP contribution in [0, 0.1) is 6.92 Å². The van der Waals surface area contributed by atoms with E-state index in [2.05, 4.69) is 9.97 Å². The summed E-state index contributed by atoms with van der Waals surface area (Å²) in [5.41, 5.74) is 0.369. The van der Waals surface area contributed by atoms with Gasteiger partial charge in [-0.1, -0.05) is 0 Å². The lowest BCUT2D eigenvalue weighted by atomic mass is 10.2. The van der Waals surface area contributed by atoms with E-state index in [0.29, 0.717) is 33.0 Å². The minimum absolute atomic E-state index is 0.108. The van der Waals surface area contributed by atoms with E-state index in [-0.39, 0.29) is 11.6 Å². The molecule has 3 aromatic heterocycles. The molecule has 0 spiro atoms. The largest absolute Gasteiger partial charge is 0.465 e. The number of ether oxygens (including phenoxy) is 1. The number of nitrogens with two attached hydrogens (primary N) is 1. The summed E-state index contributed by atoms with van der Waals surface area (Å²) in [5.74, 6) is 0.969. The highest BCUT2D eigenvalue weighted by atomic mass is 32.1. The Morgan fingerprint density at radius 1 is 1.54 bits per heavy atom. The maximum absolute atomic E-state index is 12.3. The summed E-state index contributed by atoms with van der Waals surface area (Å²) in [5, 5.41) is 2.47. The molecule has 0 saturated carbocycles. The number of H-pyrrole nitrogens is 1. The molecule has 3 heterocycles. The van der Waals surface area contributed by atoms with Crippen LogP contribution in [0.5, 0.6) is 0 Å². The van der Waals surface area contributed by atoms with Crippen molar-refractivity contribution in [1.29, 1.82) is 0 Å². The van der Waals surface area contributed by atoms with Gasteiger partial charge in [0.2, 0.25) is 0 Å². The van der Waals surface area contributed by atoms with Gasteiger partial charge in [0.25, 0.3) is 5.56 Å². The Labute approximate surface area is 141 Å². The van der Waals surface area contributed by atoms with Gasteiger partial charge in [0, 0.05) is 0 Å². The Morgan fingerprint density at radius 3 is 3.00 bits per heavy atom. The normalized spacial score (nSPS) is 12.5. The average Bonchev–Trinajstić information content (AvgIpc) is 3.20. The SMILES string of the molecule is COC(=O)c1sc2nc(C[NH2+][C@H](C)c3ccco3)[nH]c(=O)c2c1C. The molecule has 0 aliphatic heterocycles. The van der Waals surface area contributed by atoms with E-state index >= 15 is 0 Å². The van der Waals surface area contributed by atoms with Crippen molar-refractivity contribution in [3.8, 4) is 0 Å². The van der Waals surface area contributed by atoms with Gasteiger partial charge >= 0.3 is 5.97 Å². The molecule has 1 atom stereocenters. The van der Waals surface area contributed by atoms with Gasteiger partial charge in [-0.2, -0.15) is 0 Å². The van der Waals surface area contributed by atoms with Crippen molar-refractivity contribution in [3.05, 3.63) is 50.8 Å². The number of rotatable bonds is 5. The molecule has 0 saturated heterocycles. The van der Waals surface area contributed by atoms with E-state index in [9.17, 15) is 9.59 Å². The van der Waals surface area contributed by atoms with Gasteiger partial charge < -0.3 is 19.5 Å². The molecule has 3 aromatic rings. The third-order valence-electron chi connectivity index (χ3n) is 3.88. The Hall–Kier alpha value is -2.45. The second-order valence-electron chi connectivity index (χ2n) is 5.48. The summed E-state index contributed by atoms with van der Waals surface area (Å²) in [6.45, 7) is 4.24. The van der Waals surface area contributed by atoms with Crippen molar-refractivity contribution in [3.63, 3.8) is 0 Å². The van der Waals surface area contributed by atoms with E-state index in [1.54, 1.807) is 13.2 Å². The van der Waals surface area contributed by atoms with Crippen molar-refractivity contribution >= 4 is 27.5 Å². The zero-order valence-electron chi connectivity index (χ0n) is 13.6. The number of thiophene rings is 1. The fraction of sp³-hybridized carbons (Fsp3) is 0.312. The number of hydrogen-bond donors (Lipinski definition) is 2. The molecule has 0 fully saturated rings. The van der Waals surface area contributed by atoms with Crippen LogP contribution in [0.25, 0.3) is 10.2 Å². The number of aromatic nitrogens is 2. The van der Waals surface area contributed by atoms with Crippen LogP contribution in [0.4, 0.5) is 0 Å². The lowest BCUT2D eigenvalue weighted by Crippen LogP contribution is -2.83. The van der Waals surface area contributed by atoms with Gasteiger partial charge in [-0.3, -0.25) is 4.79 Å². The van der Waals surface area contributed by atoms with E-state index in [1.165, 1.54) is 18.4 Å². The minimum Gasteiger partial charge on any atom is -0.465 e. The molecular formula is C16H18N3O4S+. The number of quaternary nitrogens is 1. The summed E-state index contributed by atoms with van der Waals surface area (Å²) in [4.78, 5) is 32.4.